The van der Waals surface area contributed by atoms with E-state index < -0.39 is 6.10 Å². The lowest BCUT2D eigenvalue weighted by Gasteiger charge is -2.16. The molecule has 3 rings (SSSR count). The Morgan fingerprint density at radius 1 is 1.06 bits per heavy atom. The lowest BCUT2D eigenvalue weighted by Crippen LogP contribution is -2.21. The Labute approximate surface area is 199 Å². The van der Waals surface area contributed by atoms with Crippen LogP contribution in [0.4, 0.5) is 5.69 Å². The standard InChI is InChI=1S/C26H29ClN2O4/c1-3-32-24-14-19(15-28-16-23(30)20-7-5-4-6-8-20)13-22(27)26(24)33-17-25(31)29-21-11-9-18(2)10-12-21/h4-14,23,28,30H,3,15-17H2,1-2H3,(H,29,31)/t23-/m0/s1. The summed E-state index contributed by atoms with van der Waals surface area (Å²) < 4.78 is 11.4. The number of ether oxygens (including phenoxy) is 2. The number of anilines is 1. The molecule has 1 atom stereocenters. The topological polar surface area (TPSA) is 79.8 Å². The fourth-order valence-electron chi connectivity index (χ4n) is 3.24. The van der Waals surface area contributed by atoms with E-state index in [2.05, 4.69) is 10.6 Å². The van der Waals surface area contributed by atoms with Crippen molar-refractivity contribution >= 4 is 23.2 Å². The van der Waals surface area contributed by atoms with Crippen molar-refractivity contribution < 1.29 is 19.4 Å². The van der Waals surface area contributed by atoms with Gasteiger partial charge < -0.3 is 25.2 Å². The molecule has 0 spiro atoms. The van der Waals surface area contributed by atoms with Gasteiger partial charge in [0.1, 0.15) is 0 Å². The number of carbonyl (C=O) groups is 1. The van der Waals surface area contributed by atoms with Crippen LogP contribution in [-0.2, 0) is 11.3 Å². The van der Waals surface area contributed by atoms with Crippen molar-refractivity contribution in [1.82, 2.24) is 5.32 Å². The number of rotatable bonds is 11. The van der Waals surface area contributed by atoms with Crippen molar-refractivity contribution in [2.24, 2.45) is 0 Å². The van der Waals surface area contributed by atoms with Crippen molar-refractivity contribution in [2.75, 3.05) is 25.1 Å². The van der Waals surface area contributed by atoms with Crippen LogP contribution in [0.15, 0.2) is 66.7 Å². The van der Waals surface area contributed by atoms with Gasteiger partial charge in [-0.15, -0.1) is 0 Å². The van der Waals surface area contributed by atoms with Gasteiger partial charge >= 0.3 is 0 Å². The maximum Gasteiger partial charge on any atom is 0.262 e. The van der Waals surface area contributed by atoms with Crippen LogP contribution >= 0.6 is 11.6 Å². The predicted octanol–water partition coefficient (Wildman–Crippen LogP) is 4.89. The lowest BCUT2D eigenvalue weighted by atomic mass is 10.1. The highest BCUT2D eigenvalue weighted by Crippen LogP contribution is 2.36. The van der Waals surface area contributed by atoms with Crippen LogP contribution in [0.5, 0.6) is 11.5 Å². The minimum Gasteiger partial charge on any atom is -0.490 e. The summed E-state index contributed by atoms with van der Waals surface area (Å²) in [5.41, 5.74) is 3.54. The third kappa shape index (κ3) is 7.49. The molecule has 7 heteroatoms. The second-order valence-electron chi connectivity index (χ2n) is 7.60. The minimum absolute atomic E-state index is 0.200. The fourth-order valence-corrected chi connectivity index (χ4v) is 3.53. The molecule has 0 unspecified atom stereocenters. The molecule has 174 valence electrons. The summed E-state index contributed by atoms with van der Waals surface area (Å²) >= 11 is 6.45. The van der Waals surface area contributed by atoms with Gasteiger partial charge in [-0.2, -0.15) is 0 Å². The molecule has 0 radical (unpaired) electrons. The molecule has 0 saturated heterocycles. The summed E-state index contributed by atoms with van der Waals surface area (Å²) in [4.78, 5) is 12.3. The number of nitrogens with one attached hydrogen (secondary N) is 2. The van der Waals surface area contributed by atoms with Gasteiger partial charge in [-0.3, -0.25) is 4.79 Å². The third-order valence-electron chi connectivity index (χ3n) is 4.90. The Morgan fingerprint density at radius 2 is 1.79 bits per heavy atom. The van der Waals surface area contributed by atoms with Gasteiger partial charge in [0.25, 0.3) is 5.91 Å². The average molecular weight is 469 g/mol. The normalized spacial score (nSPS) is 11.6. The first-order valence-electron chi connectivity index (χ1n) is 10.8. The summed E-state index contributed by atoms with van der Waals surface area (Å²) in [6.07, 6.45) is -0.609. The summed E-state index contributed by atoms with van der Waals surface area (Å²) in [5.74, 6) is 0.497. The van der Waals surface area contributed by atoms with Gasteiger partial charge in [-0.05, 0) is 49.2 Å². The number of amides is 1. The molecule has 0 saturated carbocycles. The van der Waals surface area contributed by atoms with E-state index in [0.717, 1.165) is 16.7 Å². The number of benzene rings is 3. The Balaban J connectivity index is 1.59. The maximum absolute atomic E-state index is 12.3. The van der Waals surface area contributed by atoms with Gasteiger partial charge in [0.15, 0.2) is 18.1 Å². The molecule has 3 aromatic carbocycles. The first-order chi connectivity index (χ1) is 16.0. The number of hydrogen-bond donors (Lipinski definition) is 3. The zero-order chi connectivity index (χ0) is 23.6. The van der Waals surface area contributed by atoms with Gasteiger partial charge in [0.05, 0.1) is 17.7 Å². The van der Waals surface area contributed by atoms with Crippen LogP contribution in [0.2, 0.25) is 5.02 Å². The molecule has 0 bridgehead atoms. The summed E-state index contributed by atoms with van der Waals surface area (Å²) in [6, 6.07) is 20.6. The molecule has 0 fully saturated rings. The molecule has 6 nitrogen and oxygen atoms in total. The Hall–Kier alpha value is -3.06. The fraction of sp³-hybridized carbons (Fsp3) is 0.269. The monoisotopic (exact) mass is 468 g/mol. The van der Waals surface area contributed by atoms with Crippen LogP contribution in [0.1, 0.15) is 29.7 Å². The zero-order valence-electron chi connectivity index (χ0n) is 18.8. The predicted molar refractivity (Wildman–Crippen MR) is 131 cm³/mol. The number of aliphatic hydroxyl groups excluding tert-OH is 1. The third-order valence-corrected chi connectivity index (χ3v) is 5.18. The Morgan fingerprint density at radius 3 is 2.48 bits per heavy atom. The van der Waals surface area contributed by atoms with Crippen LogP contribution in [0.3, 0.4) is 0 Å². The molecule has 1 amide bonds. The second-order valence-corrected chi connectivity index (χ2v) is 8.01. The van der Waals surface area contributed by atoms with Crippen molar-refractivity contribution in [2.45, 2.75) is 26.5 Å². The average Bonchev–Trinajstić information content (AvgIpc) is 2.81. The zero-order valence-corrected chi connectivity index (χ0v) is 19.6. The molecular formula is C26H29ClN2O4. The minimum atomic E-state index is -0.609. The van der Waals surface area contributed by atoms with Crippen molar-refractivity contribution in [1.29, 1.82) is 0 Å². The van der Waals surface area contributed by atoms with Crippen molar-refractivity contribution in [3.05, 3.63) is 88.4 Å². The van der Waals surface area contributed by atoms with Gasteiger partial charge in [0.2, 0.25) is 0 Å². The number of hydrogen-bond acceptors (Lipinski definition) is 5. The van der Waals surface area contributed by atoms with E-state index in [4.69, 9.17) is 21.1 Å². The summed E-state index contributed by atoms with van der Waals surface area (Å²) in [5, 5.41) is 16.7. The molecule has 33 heavy (non-hydrogen) atoms. The Bertz CT molecular complexity index is 1040. The molecule has 0 aliphatic rings. The molecule has 0 aliphatic heterocycles. The van der Waals surface area contributed by atoms with E-state index in [0.29, 0.717) is 41.9 Å². The quantitative estimate of drug-likeness (QED) is 0.373. The van der Waals surface area contributed by atoms with Crippen molar-refractivity contribution in [3.8, 4) is 11.5 Å². The number of aryl methyl sites for hydroxylation is 1. The molecule has 0 aromatic heterocycles. The Kier molecular flexibility index (Phi) is 9.13. The van der Waals surface area contributed by atoms with Crippen LogP contribution < -0.4 is 20.1 Å². The van der Waals surface area contributed by atoms with E-state index in [1.165, 1.54) is 0 Å². The smallest absolute Gasteiger partial charge is 0.262 e. The number of halogens is 1. The van der Waals surface area contributed by atoms with Crippen LogP contribution in [0.25, 0.3) is 0 Å². The summed E-state index contributed by atoms with van der Waals surface area (Å²) in [7, 11) is 0. The molecular weight excluding hydrogens is 440 g/mol. The number of aliphatic hydroxyl groups is 1. The molecule has 0 aliphatic carbocycles. The van der Waals surface area contributed by atoms with Crippen molar-refractivity contribution in [3.63, 3.8) is 0 Å². The summed E-state index contributed by atoms with van der Waals surface area (Å²) in [6.45, 7) is 4.95. The number of carbonyl (C=O) groups excluding carboxylic acids is 1. The van der Waals surface area contributed by atoms with E-state index in [1.54, 1.807) is 6.07 Å². The van der Waals surface area contributed by atoms with E-state index in [9.17, 15) is 9.90 Å². The largest absolute Gasteiger partial charge is 0.490 e. The molecule has 3 aromatic rings. The molecule has 3 N–H and O–H groups in total. The van der Waals surface area contributed by atoms with Crippen LogP contribution in [-0.4, -0.2) is 30.8 Å². The van der Waals surface area contributed by atoms with E-state index >= 15 is 0 Å². The van der Waals surface area contributed by atoms with Gasteiger partial charge in [0, 0.05) is 18.8 Å². The maximum atomic E-state index is 12.3. The highest BCUT2D eigenvalue weighted by atomic mass is 35.5. The highest BCUT2D eigenvalue weighted by molar-refractivity contribution is 6.32. The lowest BCUT2D eigenvalue weighted by molar-refractivity contribution is -0.118. The van der Waals surface area contributed by atoms with E-state index in [1.807, 2.05) is 74.5 Å². The van der Waals surface area contributed by atoms with E-state index in [-0.39, 0.29) is 12.5 Å². The van der Waals surface area contributed by atoms with Gasteiger partial charge in [-0.1, -0.05) is 59.6 Å². The SMILES string of the molecule is CCOc1cc(CNC[C@H](O)c2ccccc2)cc(Cl)c1OCC(=O)Nc1ccc(C)cc1. The highest BCUT2D eigenvalue weighted by Gasteiger charge is 2.15. The molecule has 0 heterocycles. The van der Waals surface area contributed by atoms with Gasteiger partial charge in [-0.25, -0.2) is 0 Å². The van der Waals surface area contributed by atoms with Crippen LogP contribution in [0, 0.1) is 6.92 Å². The first kappa shape index (κ1) is 24.6. The second kappa shape index (κ2) is 12.3. The first-order valence-corrected chi connectivity index (χ1v) is 11.2.